The number of aromatic nitrogens is 2. The highest BCUT2D eigenvalue weighted by Crippen LogP contribution is 2.20. The Labute approximate surface area is 184 Å². The molecular weight excluding hydrogens is 406 g/mol. The van der Waals surface area contributed by atoms with Crippen LogP contribution in [0, 0.1) is 11.6 Å². The van der Waals surface area contributed by atoms with Crippen molar-refractivity contribution in [3.63, 3.8) is 0 Å². The fraction of sp³-hybridized carbons (Fsp3) is 0. The number of hydrogen-bond acceptors (Lipinski definition) is 3. The molecule has 156 valence electrons. The van der Waals surface area contributed by atoms with Crippen LogP contribution in [0.15, 0.2) is 85.2 Å². The molecule has 0 N–H and O–H groups in total. The molecule has 4 rings (SSSR count). The fourth-order valence-corrected chi connectivity index (χ4v) is 3.19. The molecule has 0 amide bonds. The standard InChI is InChI=1S/C27H18F2N2O/c28-23-11-3-1-7-19(23)13-15-25-21(9-5-17-30-25)27(32)22-10-6-18-31-26(22)16-14-20-8-2-4-12-24(20)29/h1-18H. The number of carbonyl (C=O) groups excluding carboxylic acids is 1. The maximum atomic E-state index is 13.9. The van der Waals surface area contributed by atoms with Crippen LogP contribution in [0.2, 0.25) is 0 Å². The molecule has 0 spiro atoms. The third-order valence-electron chi connectivity index (χ3n) is 4.82. The maximum Gasteiger partial charge on any atom is 0.197 e. The Bertz CT molecular complexity index is 1230. The van der Waals surface area contributed by atoms with Gasteiger partial charge in [0.25, 0.3) is 0 Å². The topological polar surface area (TPSA) is 42.9 Å². The molecule has 0 aliphatic heterocycles. The zero-order valence-corrected chi connectivity index (χ0v) is 17.0. The van der Waals surface area contributed by atoms with Crippen molar-refractivity contribution in [1.82, 2.24) is 9.97 Å². The van der Waals surface area contributed by atoms with Gasteiger partial charge in [-0.3, -0.25) is 14.8 Å². The van der Waals surface area contributed by atoms with E-state index in [2.05, 4.69) is 9.97 Å². The Morgan fingerprint density at radius 3 is 1.47 bits per heavy atom. The summed E-state index contributed by atoms with van der Waals surface area (Å²) in [7, 11) is 0. The van der Waals surface area contributed by atoms with Crippen molar-refractivity contribution < 1.29 is 13.6 Å². The Balaban J connectivity index is 1.68. The summed E-state index contributed by atoms with van der Waals surface area (Å²) >= 11 is 0. The van der Waals surface area contributed by atoms with Gasteiger partial charge in [-0.05, 0) is 60.7 Å². The summed E-state index contributed by atoms with van der Waals surface area (Å²) in [6.07, 6.45) is 9.52. The smallest absolute Gasteiger partial charge is 0.197 e. The largest absolute Gasteiger partial charge is 0.288 e. The van der Waals surface area contributed by atoms with Crippen molar-refractivity contribution >= 4 is 30.1 Å². The Hall–Kier alpha value is -4.25. The average molecular weight is 424 g/mol. The lowest BCUT2D eigenvalue weighted by Crippen LogP contribution is -2.07. The third kappa shape index (κ3) is 4.73. The SMILES string of the molecule is O=C(c1cccnc1C=Cc1ccccc1F)c1cccnc1C=Cc1ccccc1F. The Kier molecular flexibility index (Phi) is 6.37. The van der Waals surface area contributed by atoms with Crippen LogP contribution in [0.1, 0.15) is 38.4 Å². The first-order chi connectivity index (χ1) is 15.6. The molecule has 32 heavy (non-hydrogen) atoms. The van der Waals surface area contributed by atoms with Gasteiger partial charge in [0.15, 0.2) is 5.78 Å². The lowest BCUT2D eigenvalue weighted by Gasteiger charge is -2.07. The summed E-state index contributed by atoms with van der Waals surface area (Å²) in [6.45, 7) is 0. The van der Waals surface area contributed by atoms with E-state index in [1.165, 1.54) is 12.1 Å². The molecule has 0 radical (unpaired) electrons. The van der Waals surface area contributed by atoms with Gasteiger partial charge in [0.1, 0.15) is 11.6 Å². The van der Waals surface area contributed by atoms with E-state index in [1.54, 1.807) is 97.4 Å². The maximum absolute atomic E-state index is 13.9. The minimum absolute atomic E-state index is 0.285. The van der Waals surface area contributed by atoms with Crippen LogP contribution in [-0.2, 0) is 0 Å². The number of nitrogens with zero attached hydrogens (tertiary/aromatic N) is 2. The molecule has 0 bridgehead atoms. The molecular formula is C27H18F2N2O. The van der Waals surface area contributed by atoms with E-state index < -0.39 is 0 Å². The number of benzene rings is 2. The van der Waals surface area contributed by atoms with E-state index in [0.29, 0.717) is 33.6 Å². The summed E-state index contributed by atoms with van der Waals surface area (Å²) in [5.74, 6) is -1.01. The molecule has 4 aromatic rings. The first kappa shape index (κ1) is 21.0. The lowest BCUT2D eigenvalue weighted by molar-refractivity contribution is 0.103. The minimum Gasteiger partial charge on any atom is -0.288 e. The fourth-order valence-electron chi connectivity index (χ4n) is 3.19. The van der Waals surface area contributed by atoms with E-state index in [4.69, 9.17) is 0 Å². The van der Waals surface area contributed by atoms with E-state index in [1.807, 2.05) is 0 Å². The summed E-state index contributed by atoms with van der Waals surface area (Å²) in [6, 6.07) is 19.4. The van der Waals surface area contributed by atoms with Crippen molar-refractivity contribution in [1.29, 1.82) is 0 Å². The first-order valence-corrected chi connectivity index (χ1v) is 9.93. The zero-order chi connectivity index (χ0) is 22.3. The van der Waals surface area contributed by atoms with Gasteiger partial charge in [0.05, 0.1) is 11.4 Å². The number of rotatable bonds is 6. The molecule has 2 aromatic heterocycles. The minimum atomic E-state index is -0.361. The molecule has 0 saturated heterocycles. The number of carbonyl (C=O) groups is 1. The summed E-state index contributed by atoms with van der Waals surface area (Å²) in [4.78, 5) is 21.9. The monoisotopic (exact) mass is 424 g/mol. The third-order valence-corrected chi connectivity index (χ3v) is 4.82. The van der Waals surface area contributed by atoms with Gasteiger partial charge in [0.2, 0.25) is 0 Å². The highest BCUT2D eigenvalue weighted by atomic mass is 19.1. The summed E-state index contributed by atoms with van der Waals surface area (Å²) in [5.41, 5.74) is 2.32. The van der Waals surface area contributed by atoms with Crippen LogP contribution >= 0.6 is 0 Å². The second-order valence-corrected chi connectivity index (χ2v) is 6.91. The Morgan fingerprint density at radius 1 is 0.594 bits per heavy atom. The number of ketones is 1. The second-order valence-electron chi connectivity index (χ2n) is 6.91. The van der Waals surface area contributed by atoms with Crippen LogP contribution in [0.4, 0.5) is 8.78 Å². The number of hydrogen-bond donors (Lipinski definition) is 0. The van der Waals surface area contributed by atoms with E-state index in [9.17, 15) is 13.6 Å². The van der Waals surface area contributed by atoms with Crippen LogP contribution < -0.4 is 0 Å². The molecule has 0 aliphatic rings. The van der Waals surface area contributed by atoms with Crippen molar-refractivity contribution in [2.24, 2.45) is 0 Å². The Morgan fingerprint density at radius 2 is 1.03 bits per heavy atom. The van der Waals surface area contributed by atoms with Gasteiger partial charge in [0, 0.05) is 34.6 Å². The molecule has 2 aromatic carbocycles. The molecule has 0 aliphatic carbocycles. The van der Waals surface area contributed by atoms with Crippen LogP contribution in [0.5, 0.6) is 0 Å². The van der Waals surface area contributed by atoms with Gasteiger partial charge >= 0.3 is 0 Å². The van der Waals surface area contributed by atoms with Crippen LogP contribution in [-0.4, -0.2) is 15.8 Å². The van der Waals surface area contributed by atoms with Gasteiger partial charge in [-0.25, -0.2) is 8.78 Å². The molecule has 3 nitrogen and oxygen atoms in total. The van der Waals surface area contributed by atoms with E-state index in [-0.39, 0.29) is 17.4 Å². The van der Waals surface area contributed by atoms with Crippen molar-refractivity contribution in [2.75, 3.05) is 0 Å². The van der Waals surface area contributed by atoms with Crippen LogP contribution in [0.25, 0.3) is 24.3 Å². The molecule has 0 fully saturated rings. The van der Waals surface area contributed by atoms with Gasteiger partial charge < -0.3 is 0 Å². The second kappa shape index (κ2) is 9.71. The quantitative estimate of drug-likeness (QED) is 0.340. The molecule has 5 heteroatoms. The van der Waals surface area contributed by atoms with Crippen molar-refractivity contribution in [3.8, 4) is 0 Å². The molecule has 0 saturated carbocycles. The molecule has 0 atom stereocenters. The highest BCUT2D eigenvalue weighted by molar-refractivity contribution is 6.12. The highest BCUT2D eigenvalue weighted by Gasteiger charge is 2.16. The van der Waals surface area contributed by atoms with Gasteiger partial charge in [-0.2, -0.15) is 0 Å². The lowest BCUT2D eigenvalue weighted by atomic mass is 9.99. The summed E-state index contributed by atoms with van der Waals surface area (Å²) < 4.78 is 27.9. The predicted molar refractivity (Wildman–Crippen MR) is 123 cm³/mol. The number of halogens is 2. The van der Waals surface area contributed by atoms with E-state index in [0.717, 1.165) is 0 Å². The van der Waals surface area contributed by atoms with Crippen molar-refractivity contribution in [2.45, 2.75) is 0 Å². The predicted octanol–water partition coefficient (Wildman–Crippen LogP) is 6.33. The van der Waals surface area contributed by atoms with Gasteiger partial charge in [-0.1, -0.05) is 36.4 Å². The average Bonchev–Trinajstić information content (AvgIpc) is 2.83. The zero-order valence-electron chi connectivity index (χ0n) is 17.0. The van der Waals surface area contributed by atoms with Crippen LogP contribution in [0.3, 0.4) is 0 Å². The molecule has 2 heterocycles. The summed E-state index contributed by atoms with van der Waals surface area (Å²) in [5, 5.41) is 0. The molecule has 0 unspecified atom stereocenters. The van der Waals surface area contributed by atoms with Gasteiger partial charge in [-0.15, -0.1) is 0 Å². The van der Waals surface area contributed by atoms with E-state index >= 15 is 0 Å². The van der Waals surface area contributed by atoms with Crippen molar-refractivity contribution in [3.05, 3.63) is 130 Å². The normalized spacial score (nSPS) is 11.3. The first-order valence-electron chi connectivity index (χ1n) is 9.93. The number of pyridine rings is 2.